The van der Waals surface area contributed by atoms with E-state index in [0.29, 0.717) is 10.2 Å². The Labute approximate surface area is 103 Å². The SMILES string of the molecule is Clc1ccc2nc(Cl)c3ccccc3c2c1. The molecule has 0 saturated heterocycles. The fourth-order valence-corrected chi connectivity index (χ4v) is 2.31. The Balaban J connectivity index is 2.61. The first kappa shape index (κ1) is 9.88. The summed E-state index contributed by atoms with van der Waals surface area (Å²) in [5.74, 6) is 0. The van der Waals surface area contributed by atoms with Gasteiger partial charge in [0.2, 0.25) is 0 Å². The largest absolute Gasteiger partial charge is 0.235 e. The maximum atomic E-state index is 6.13. The fraction of sp³-hybridized carbons (Fsp3) is 0. The predicted octanol–water partition coefficient (Wildman–Crippen LogP) is 4.69. The van der Waals surface area contributed by atoms with Crippen LogP contribution in [0.5, 0.6) is 0 Å². The van der Waals surface area contributed by atoms with E-state index >= 15 is 0 Å². The van der Waals surface area contributed by atoms with Crippen LogP contribution >= 0.6 is 23.2 Å². The van der Waals surface area contributed by atoms with Gasteiger partial charge in [-0.1, -0.05) is 47.5 Å². The lowest BCUT2D eigenvalue weighted by atomic mass is 10.1. The molecule has 0 unspecified atom stereocenters. The second-order valence-corrected chi connectivity index (χ2v) is 4.40. The zero-order chi connectivity index (χ0) is 11.1. The molecule has 16 heavy (non-hydrogen) atoms. The van der Waals surface area contributed by atoms with E-state index in [-0.39, 0.29) is 0 Å². The van der Waals surface area contributed by atoms with Crippen LogP contribution in [0.3, 0.4) is 0 Å². The van der Waals surface area contributed by atoms with Gasteiger partial charge in [-0.25, -0.2) is 4.98 Å². The summed E-state index contributed by atoms with van der Waals surface area (Å²) < 4.78 is 0. The summed E-state index contributed by atoms with van der Waals surface area (Å²) in [6.45, 7) is 0. The van der Waals surface area contributed by atoms with Crippen LogP contribution in [0.25, 0.3) is 21.7 Å². The molecule has 0 bridgehead atoms. The Hall–Kier alpha value is -1.31. The normalized spacial score (nSPS) is 11.1. The lowest BCUT2D eigenvalue weighted by molar-refractivity contribution is 1.44. The van der Waals surface area contributed by atoms with E-state index in [9.17, 15) is 0 Å². The maximum absolute atomic E-state index is 6.13. The highest BCUT2D eigenvalue weighted by Gasteiger charge is 2.06. The third-order valence-electron chi connectivity index (χ3n) is 2.62. The molecule has 0 N–H and O–H groups in total. The molecule has 0 spiro atoms. The summed E-state index contributed by atoms with van der Waals surface area (Å²) in [4.78, 5) is 4.35. The fourth-order valence-electron chi connectivity index (χ4n) is 1.89. The van der Waals surface area contributed by atoms with Crippen molar-refractivity contribution >= 4 is 44.9 Å². The number of nitrogens with zero attached hydrogens (tertiary/aromatic N) is 1. The standard InChI is InChI=1S/C13H7Cl2N/c14-8-5-6-12-11(7-8)9-3-1-2-4-10(9)13(15)16-12/h1-7H. The molecule has 3 aromatic rings. The molecule has 0 saturated carbocycles. The average Bonchev–Trinajstić information content (AvgIpc) is 2.31. The molecule has 0 aliphatic rings. The number of pyridine rings is 1. The van der Waals surface area contributed by atoms with Gasteiger partial charge in [-0.3, -0.25) is 0 Å². The van der Waals surface area contributed by atoms with Gasteiger partial charge in [-0.2, -0.15) is 0 Å². The topological polar surface area (TPSA) is 12.9 Å². The number of aromatic nitrogens is 1. The molecular formula is C13H7Cl2N. The third kappa shape index (κ3) is 1.44. The van der Waals surface area contributed by atoms with Crippen LogP contribution in [0.1, 0.15) is 0 Å². The van der Waals surface area contributed by atoms with Gasteiger partial charge in [-0.15, -0.1) is 0 Å². The Kier molecular flexibility index (Phi) is 2.23. The Bertz CT molecular complexity index is 692. The molecule has 1 nitrogen and oxygen atoms in total. The van der Waals surface area contributed by atoms with Gasteiger partial charge in [0.1, 0.15) is 5.15 Å². The van der Waals surface area contributed by atoms with Crippen molar-refractivity contribution in [2.45, 2.75) is 0 Å². The van der Waals surface area contributed by atoms with Gasteiger partial charge in [0.15, 0.2) is 0 Å². The van der Waals surface area contributed by atoms with Crippen molar-refractivity contribution in [2.75, 3.05) is 0 Å². The van der Waals surface area contributed by atoms with Crippen molar-refractivity contribution in [3.05, 3.63) is 52.6 Å². The second kappa shape index (κ2) is 3.62. The lowest BCUT2D eigenvalue weighted by Gasteiger charge is -2.05. The van der Waals surface area contributed by atoms with Gasteiger partial charge in [0.25, 0.3) is 0 Å². The van der Waals surface area contributed by atoms with Crippen molar-refractivity contribution in [3.8, 4) is 0 Å². The predicted molar refractivity (Wildman–Crippen MR) is 69.3 cm³/mol. The van der Waals surface area contributed by atoms with E-state index in [2.05, 4.69) is 4.98 Å². The van der Waals surface area contributed by atoms with Gasteiger partial charge in [0.05, 0.1) is 5.52 Å². The first-order chi connectivity index (χ1) is 7.75. The monoisotopic (exact) mass is 247 g/mol. The van der Waals surface area contributed by atoms with Crippen molar-refractivity contribution < 1.29 is 0 Å². The summed E-state index contributed by atoms with van der Waals surface area (Å²) in [5, 5.41) is 4.32. The van der Waals surface area contributed by atoms with Crippen molar-refractivity contribution in [1.82, 2.24) is 4.98 Å². The zero-order valence-corrected chi connectivity index (χ0v) is 9.76. The number of halogens is 2. The number of fused-ring (bicyclic) bond motifs is 3. The summed E-state index contributed by atoms with van der Waals surface area (Å²) in [6.07, 6.45) is 0. The highest BCUT2D eigenvalue weighted by atomic mass is 35.5. The summed E-state index contributed by atoms with van der Waals surface area (Å²) in [5.41, 5.74) is 0.869. The van der Waals surface area contributed by atoms with Crippen LogP contribution in [0.15, 0.2) is 42.5 Å². The van der Waals surface area contributed by atoms with E-state index in [4.69, 9.17) is 23.2 Å². The molecule has 0 amide bonds. The van der Waals surface area contributed by atoms with E-state index in [1.54, 1.807) is 0 Å². The highest BCUT2D eigenvalue weighted by Crippen LogP contribution is 2.30. The Morgan fingerprint density at radius 1 is 0.812 bits per heavy atom. The molecule has 2 aromatic carbocycles. The van der Waals surface area contributed by atoms with Gasteiger partial charge >= 0.3 is 0 Å². The van der Waals surface area contributed by atoms with Crippen LogP contribution in [-0.4, -0.2) is 4.98 Å². The second-order valence-electron chi connectivity index (χ2n) is 3.61. The summed E-state index contributed by atoms with van der Waals surface area (Å²) in [6, 6.07) is 13.6. The molecule has 0 fully saturated rings. The first-order valence-corrected chi connectivity index (χ1v) is 5.65. The molecular weight excluding hydrogens is 241 g/mol. The first-order valence-electron chi connectivity index (χ1n) is 4.89. The Morgan fingerprint density at radius 2 is 1.56 bits per heavy atom. The molecule has 1 heterocycles. The Morgan fingerprint density at radius 3 is 2.38 bits per heavy atom. The molecule has 3 heteroatoms. The van der Waals surface area contributed by atoms with Crippen LogP contribution in [0.2, 0.25) is 10.2 Å². The van der Waals surface area contributed by atoms with Crippen LogP contribution < -0.4 is 0 Å². The van der Waals surface area contributed by atoms with Crippen LogP contribution in [0.4, 0.5) is 0 Å². The third-order valence-corrected chi connectivity index (χ3v) is 3.14. The van der Waals surface area contributed by atoms with Gasteiger partial charge in [-0.05, 0) is 23.6 Å². The average molecular weight is 248 g/mol. The van der Waals surface area contributed by atoms with Crippen molar-refractivity contribution in [3.63, 3.8) is 0 Å². The highest BCUT2D eigenvalue weighted by molar-refractivity contribution is 6.36. The summed E-state index contributed by atoms with van der Waals surface area (Å²) in [7, 11) is 0. The van der Waals surface area contributed by atoms with E-state index in [1.165, 1.54) is 0 Å². The van der Waals surface area contributed by atoms with E-state index in [1.807, 2.05) is 42.5 Å². The minimum atomic E-state index is 0.533. The quantitative estimate of drug-likeness (QED) is 0.415. The molecule has 3 rings (SSSR count). The van der Waals surface area contributed by atoms with Crippen LogP contribution in [-0.2, 0) is 0 Å². The number of hydrogen-bond donors (Lipinski definition) is 0. The molecule has 0 aliphatic heterocycles. The summed E-state index contributed by atoms with van der Waals surface area (Å²) >= 11 is 12.1. The van der Waals surface area contributed by atoms with Gasteiger partial charge < -0.3 is 0 Å². The molecule has 0 atom stereocenters. The van der Waals surface area contributed by atoms with E-state index < -0.39 is 0 Å². The molecule has 0 aliphatic carbocycles. The molecule has 1 aromatic heterocycles. The lowest BCUT2D eigenvalue weighted by Crippen LogP contribution is -1.84. The number of benzene rings is 2. The minimum absolute atomic E-state index is 0.533. The molecule has 0 radical (unpaired) electrons. The number of hydrogen-bond acceptors (Lipinski definition) is 1. The smallest absolute Gasteiger partial charge is 0.137 e. The maximum Gasteiger partial charge on any atom is 0.137 e. The zero-order valence-electron chi connectivity index (χ0n) is 8.24. The van der Waals surface area contributed by atoms with E-state index in [0.717, 1.165) is 21.7 Å². The van der Waals surface area contributed by atoms with Gasteiger partial charge in [0, 0.05) is 15.8 Å². The minimum Gasteiger partial charge on any atom is -0.235 e. The van der Waals surface area contributed by atoms with Crippen LogP contribution in [0, 0.1) is 0 Å². The van der Waals surface area contributed by atoms with Crippen molar-refractivity contribution in [1.29, 1.82) is 0 Å². The molecule has 78 valence electrons. The van der Waals surface area contributed by atoms with Crippen molar-refractivity contribution in [2.24, 2.45) is 0 Å². The number of rotatable bonds is 0.